The lowest BCUT2D eigenvalue weighted by molar-refractivity contribution is -0.142. The van der Waals surface area contributed by atoms with Gasteiger partial charge < -0.3 is 33.2 Å². The van der Waals surface area contributed by atoms with Gasteiger partial charge in [-0.25, -0.2) is 0 Å². The summed E-state index contributed by atoms with van der Waals surface area (Å²) in [6, 6.07) is 8.30. The van der Waals surface area contributed by atoms with E-state index in [0.717, 1.165) is 43.0 Å². The van der Waals surface area contributed by atoms with Crippen molar-refractivity contribution in [2.24, 2.45) is 0 Å². The first-order valence-electron chi connectivity index (χ1n) is 12.3. The van der Waals surface area contributed by atoms with Crippen molar-refractivity contribution in [2.75, 3.05) is 60.8 Å². The van der Waals surface area contributed by atoms with Crippen molar-refractivity contribution in [3.63, 3.8) is 0 Å². The number of methoxy groups -OCH3 is 3. The number of hydrogen-bond donors (Lipinski definition) is 0. The van der Waals surface area contributed by atoms with Crippen molar-refractivity contribution < 1.29 is 33.2 Å². The topological polar surface area (TPSA) is 67.9 Å². The van der Waals surface area contributed by atoms with E-state index in [0.29, 0.717) is 43.7 Å². The van der Waals surface area contributed by atoms with E-state index in [2.05, 4.69) is 17.0 Å². The van der Waals surface area contributed by atoms with Crippen LogP contribution in [0.25, 0.3) is 0 Å². The van der Waals surface area contributed by atoms with Gasteiger partial charge in [0, 0.05) is 32.7 Å². The quantitative estimate of drug-likeness (QED) is 0.437. The van der Waals surface area contributed by atoms with Crippen LogP contribution < -0.4 is 23.7 Å². The third-order valence-electron chi connectivity index (χ3n) is 6.49. The Labute approximate surface area is 208 Å². The van der Waals surface area contributed by atoms with Crippen molar-refractivity contribution in [3.8, 4) is 28.7 Å². The second kappa shape index (κ2) is 11.8. The molecule has 0 spiro atoms. The van der Waals surface area contributed by atoms with Gasteiger partial charge in [-0.3, -0.25) is 4.90 Å². The van der Waals surface area contributed by atoms with Crippen LogP contribution in [0.4, 0.5) is 0 Å². The summed E-state index contributed by atoms with van der Waals surface area (Å²) in [6.07, 6.45) is 1.45. The molecule has 0 saturated carbocycles. The van der Waals surface area contributed by atoms with Crippen LogP contribution in [0.15, 0.2) is 24.3 Å². The number of benzene rings is 2. The number of ether oxygens (including phenoxy) is 7. The van der Waals surface area contributed by atoms with Gasteiger partial charge in [0.05, 0.1) is 27.4 Å². The number of rotatable bonds is 11. The highest BCUT2D eigenvalue weighted by atomic mass is 16.7. The van der Waals surface area contributed by atoms with E-state index in [1.54, 1.807) is 21.3 Å². The van der Waals surface area contributed by atoms with Crippen molar-refractivity contribution in [2.45, 2.75) is 39.0 Å². The molecule has 0 amide bonds. The van der Waals surface area contributed by atoms with Gasteiger partial charge in [0.1, 0.15) is 13.2 Å². The van der Waals surface area contributed by atoms with Gasteiger partial charge in [0.2, 0.25) is 5.75 Å². The molecule has 2 aliphatic heterocycles. The lowest BCUT2D eigenvalue weighted by atomic mass is 9.87. The Bertz CT molecular complexity index is 965. The van der Waals surface area contributed by atoms with Crippen LogP contribution in [0.2, 0.25) is 0 Å². The summed E-state index contributed by atoms with van der Waals surface area (Å²) >= 11 is 0. The monoisotopic (exact) mass is 487 g/mol. The third-order valence-corrected chi connectivity index (χ3v) is 6.49. The predicted octanol–water partition coefficient (Wildman–Crippen LogP) is 4.22. The van der Waals surface area contributed by atoms with Crippen LogP contribution in [-0.4, -0.2) is 72.0 Å². The number of hydrogen-bond acceptors (Lipinski definition) is 8. The summed E-state index contributed by atoms with van der Waals surface area (Å²) in [5.41, 5.74) is 3.51. The fourth-order valence-electron chi connectivity index (χ4n) is 4.96. The largest absolute Gasteiger partial charge is 0.493 e. The van der Waals surface area contributed by atoms with E-state index in [9.17, 15) is 0 Å². The van der Waals surface area contributed by atoms with Crippen LogP contribution >= 0.6 is 0 Å². The lowest BCUT2D eigenvalue weighted by Gasteiger charge is -2.39. The van der Waals surface area contributed by atoms with Gasteiger partial charge in [0.25, 0.3) is 0 Å². The predicted molar refractivity (Wildman–Crippen MR) is 132 cm³/mol. The third kappa shape index (κ3) is 5.44. The zero-order valence-electron chi connectivity index (χ0n) is 21.4. The van der Waals surface area contributed by atoms with Gasteiger partial charge in [-0.1, -0.05) is 0 Å². The summed E-state index contributed by atoms with van der Waals surface area (Å²) in [6.45, 7) is 8.04. The highest BCUT2D eigenvalue weighted by Gasteiger charge is 2.33. The normalized spacial score (nSPS) is 17.3. The Balaban J connectivity index is 1.76. The second-order valence-corrected chi connectivity index (χ2v) is 8.47. The molecule has 0 saturated heterocycles. The molecule has 2 aliphatic rings. The Hall–Kier alpha value is -2.68. The summed E-state index contributed by atoms with van der Waals surface area (Å²) in [5.74, 6) is 3.45. The van der Waals surface area contributed by atoms with E-state index in [4.69, 9.17) is 33.2 Å². The smallest absolute Gasteiger partial charge is 0.203 e. The minimum absolute atomic E-state index is 0.0350. The maximum absolute atomic E-state index is 5.94. The maximum Gasteiger partial charge on any atom is 0.203 e. The zero-order valence-corrected chi connectivity index (χ0v) is 21.4. The van der Waals surface area contributed by atoms with Gasteiger partial charge >= 0.3 is 0 Å². The Morgan fingerprint density at radius 3 is 2.09 bits per heavy atom. The van der Waals surface area contributed by atoms with Crippen molar-refractivity contribution >= 4 is 0 Å². The Morgan fingerprint density at radius 1 is 0.886 bits per heavy atom. The molecule has 8 heteroatoms. The molecule has 0 aliphatic carbocycles. The van der Waals surface area contributed by atoms with Gasteiger partial charge in [-0.2, -0.15) is 0 Å². The molecule has 0 bridgehead atoms. The SMILES string of the molecule is CCOC(CCN1CCc2cc3c(cc2C1c1cc(OC)c(OC)c(OC)c1)OCCO3)OCC. The van der Waals surface area contributed by atoms with Crippen molar-refractivity contribution in [3.05, 3.63) is 41.0 Å². The Kier molecular flexibility index (Phi) is 8.59. The molecule has 2 aromatic rings. The molecule has 2 heterocycles. The van der Waals surface area contributed by atoms with E-state index in [1.165, 1.54) is 11.1 Å². The molecule has 35 heavy (non-hydrogen) atoms. The molecule has 0 radical (unpaired) electrons. The summed E-state index contributed by atoms with van der Waals surface area (Å²) < 4.78 is 40.4. The van der Waals surface area contributed by atoms with Crippen LogP contribution in [0.3, 0.4) is 0 Å². The van der Waals surface area contributed by atoms with E-state index in [1.807, 2.05) is 26.0 Å². The van der Waals surface area contributed by atoms with Crippen molar-refractivity contribution in [1.29, 1.82) is 0 Å². The standard InChI is InChI=1S/C27H37NO7/c1-6-32-25(33-7-2)9-11-28-10-8-18-14-21-22(35-13-12-34-21)17-20(18)26(28)19-15-23(29-3)27(31-5)24(16-19)30-4/h14-17,25-26H,6-13H2,1-5H3. The molecule has 1 unspecified atom stereocenters. The maximum atomic E-state index is 5.94. The molecule has 1 atom stereocenters. The fourth-order valence-corrected chi connectivity index (χ4v) is 4.96. The van der Waals surface area contributed by atoms with Crippen LogP contribution in [0, 0.1) is 0 Å². The highest BCUT2D eigenvalue weighted by molar-refractivity contribution is 5.58. The van der Waals surface area contributed by atoms with Crippen LogP contribution in [0.5, 0.6) is 28.7 Å². The molecule has 192 valence electrons. The molecule has 0 fully saturated rings. The molecule has 2 aromatic carbocycles. The molecule has 0 aromatic heterocycles. The van der Waals surface area contributed by atoms with E-state index >= 15 is 0 Å². The minimum Gasteiger partial charge on any atom is -0.493 e. The summed E-state index contributed by atoms with van der Waals surface area (Å²) in [7, 11) is 4.90. The van der Waals surface area contributed by atoms with Crippen LogP contribution in [-0.2, 0) is 15.9 Å². The van der Waals surface area contributed by atoms with Gasteiger partial charge in [-0.15, -0.1) is 0 Å². The van der Waals surface area contributed by atoms with Crippen LogP contribution in [0.1, 0.15) is 43.0 Å². The van der Waals surface area contributed by atoms with Gasteiger partial charge in [0.15, 0.2) is 29.3 Å². The minimum atomic E-state index is -0.229. The first-order valence-corrected chi connectivity index (χ1v) is 12.3. The average Bonchev–Trinajstić information content (AvgIpc) is 2.89. The molecule has 4 rings (SSSR count). The number of fused-ring (bicyclic) bond motifs is 2. The first kappa shape index (κ1) is 25.4. The molecular weight excluding hydrogens is 450 g/mol. The molecular formula is C27H37NO7. The molecule has 0 N–H and O–H groups in total. The average molecular weight is 488 g/mol. The summed E-state index contributed by atoms with van der Waals surface area (Å²) in [4.78, 5) is 2.46. The first-order chi connectivity index (χ1) is 17.1. The molecule has 8 nitrogen and oxygen atoms in total. The van der Waals surface area contributed by atoms with E-state index < -0.39 is 0 Å². The fraction of sp³-hybridized carbons (Fsp3) is 0.556. The van der Waals surface area contributed by atoms with E-state index in [-0.39, 0.29) is 12.3 Å². The number of nitrogens with zero attached hydrogens (tertiary/aromatic N) is 1. The second-order valence-electron chi connectivity index (χ2n) is 8.47. The lowest BCUT2D eigenvalue weighted by Crippen LogP contribution is -2.38. The Morgan fingerprint density at radius 2 is 1.51 bits per heavy atom. The van der Waals surface area contributed by atoms with Gasteiger partial charge in [-0.05, 0) is 61.2 Å². The zero-order chi connectivity index (χ0) is 24.8. The summed E-state index contributed by atoms with van der Waals surface area (Å²) in [5, 5.41) is 0. The van der Waals surface area contributed by atoms with Crippen molar-refractivity contribution in [1.82, 2.24) is 4.90 Å². The highest BCUT2D eigenvalue weighted by Crippen LogP contribution is 2.46.